The summed E-state index contributed by atoms with van der Waals surface area (Å²) in [6.07, 6.45) is 4.26. The van der Waals surface area contributed by atoms with E-state index in [0.717, 1.165) is 0 Å². The average molecular weight is 337 g/mol. The van der Waals surface area contributed by atoms with Crippen LogP contribution in [-0.4, -0.2) is 27.1 Å². The molecule has 8 heteroatoms. The molecule has 0 bridgehead atoms. The minimum atomic E-state index is -1.04. The van der Waals surface area contributed by atoms with Gasteiger partial charge in [-0.05, 0) is 34.1 Å². The molecule has 0 radical (unpaired) electrons. The standard InChI is InChI=1S/C12H9BrN4O3/c13-9-3-7(11(18)19)1-2-10(9)17-12(20)16-8-4-14-6-15-5-8/h1-6H,(H,18,19)(H2,16,17,20). The first-order valence-electron chi connectivity index (χ1n) is 5.42. The van der Waals surface area contributed by atoms with Crippen LogP contribution < -0.4 is 10.6 Å². The first-order valence-corrected chi connectivity index (χ1v) is 6.21. The molecule has 3 N–H and O–H groups in total. The Hall–Kier alpha value is -2.48. The Morgan fingerprint density at radius 2 is 1.85 bits per heavy atom. The summed E-state index contributed by atoms with van der Waals surface area (Å²) in [5.74, 6) is -1.04. The van der Waals surface area contributed by atoms with Crippen LogP contribution >= 0.6 is 15.9 Å². The molecule has 1 aromatic carbocycles. The van der Waals surface area contributed by atoms with Gasteiger partial charge >= 0.3 is 12.0 Å². The summed E-state index contributed by atoms with van der Waals surface area (Å²) in [5, 5.41) is 14.0. The van der Waals surface area contributed by atoms with Crippen LogP contribution in [0.25, 0.3) is 0 Å². The third kappa shape index (κ3) is 3.51. The largest absolute Gasteiger partial charge is 0.478 e. The lowest BCUT2D eigenvalue weighted by atomic mass is 10.2. The highest BCUT2D eigenvalue weighted by atomic mass is 79.9. The predicted molar refractivity (Wildman–Crippen MR) is 75.8 cm³/mol. The Balaban J connectivity index is 2.06. The second-order valence-electron chi connectivity index (χ2n) is 3.71. The van der Waals surface area contributed by atoms with Gasteiger partial charge in [-0.25, -0.2) is 19.6 Å². The van der Waals surface area contributed by atoms with Crippen molar-refractivity contribution in [3.8, 4) is 0 Å². The van der Waals surface area contributed by atoms with Crippen molar-refractivity contribution in [3.63, 3.8) is 0 Å². The van der Waals surface area contributed by atoms with Crippen molar-refractivity contribution >= 4 is 39.3 Å². The number of anilines is 2. The van der Waals surface area contributed by atoms with Gasteiger partial charge in [0.1, 0.15) is 6.33 Å². The number of hydrogen-bond acceptors (Lipinski definition) is 4. The molecule has 1 aromatic heterocycles. The van der Waals surface area contributed by atoms with E-state index in [1.54, 1.807) is 0 Å². The van der Waals surface area contributed by atoms with Gasteiger partial charge in [0.15, 0.2) is 0 Å². The topological polar surface area (TPSA) is 104 Å². The van der Waals surface area contributed by atoms with Crippen LogP contribution in [0.4, 0.5) is 16.2 Å². The van der Waals surface area contributed by atoms with Crippen LogP contribution in [0.15, 0.2) is 41.4 Å². The predicted octanol–water partition coefficient (Wildman–Crippen LogP) is 2.58. The third-order valence-electron chi connectivity index (χ3n) is 2.28. The summed E-state index contributed by atoms with van der Waals surface area (Å²) in [5.41, 5.74) is 1.02. The molecule has 0 unspecified atom stereocenters. The van der Waals surface area contributed by atoms with Crippen LogP contribution in [0.3, 0.4) is 0 Å². The van der Waals surface area contributed by atoms with Crippen molar-refractivity contribution in [2.75, 3.05) is 10.6 Å². The van der Waals surface area contributed by atoms with Gasteiger partial charge in [-0.1, -0.05) is 0 Å². The average Bonchev–Trinajstić information content (AvgIpc) is 2.42. The maximum Gasteiger partial charge on any atom is 0.335 e. The van der Waals surface area contributed by atoms with Crippen molar-refractivity contribution in [2.24, 2.45) is 0 Å². The molecule has 2 rings (SSSR count). The minimum Gasteiger partial charge on any atom is -0.478 e. The molecule has 1 heterocycles. The van der Waals surface area contributed by atoms with Crippen molar-refractivity contribution in [3.05, 3.63) is 47.0 Å². The number of nitrogens with one attached hydrogen (secondary N) is 2. The molecule has 20 heavy (non-hydrogen) atoms. The van der Waals surface area contributed by atoms with Gasteiger partial charge in [0, 0.05) is 4.47 Å². The number of halogens is 1. The van der Waals surface area contributed by atoms with Crippen LogP contribution in [0.5, 0.6) is 0 Å². The van der Waals surface area contributed by atoms with Gasteiger partial charge in [-0.15, -0.1) is 0 Å². The number of carboxylic acid groups (broad SMARTS) is 1. The molecule has 7 nitrogen and oxygen atoms in total. The van der Waals surface area contributed by atoms with E-state index in [0.29, 0.717) is 15.8 Å². The smallest absolute Gasteiger partial charge is 0.335 e. The van der Waals surface area contributed by atoms with Crippen LogP contribution in [-0.2, 0) is 0 Å². The number of urea groups is 1. The van der Waals surface area contributed by atoms with Gasteiger partial charge in [0.2, 0.25) is 0 Å². The molecular formula is C12H9BrN4O3. The Bertz CT molecular complexity index is 648. The fourth-order valence-electron chi connectivity index (χ4n) is 1.40. The van der Waals surface area contributed by atoms with E-state index in [1.807, 2.05) is 0 Å². The van der Waals surface area contributed by atoms with Crippen LogP contribution in [0, 0.1) is 0 Å². The van der Waals surface area contributed by atoms with Crippen molar-refractivity contribution in [1.29, 1.82) is 0 Å². The second-order valence-corrected chi connectivity index (χ2v) is 4.56. The summed E-state index contributed by atoms with van der Waals surface area (Å²) >= 11 is 3.20. The molecule has 0 saturated carbocycles. The fraction of sp³-hybridized carbons (Fsp3) is 0. The lowest BCUT2D eigenvalue weighted by Crippen LogP contribution is -2.20. The Labute approximate surface area is 122 Å². The molecular weight excluding hydrogens is 328 g/mol. The third-order valence-corrected chi connectivity index (χ3v) is 2.94. The quantitative estimate of drug-likeness (QED) is 0.799. The summed E-state index contributed by atoms with van der Waals surface area (Å²) in [6, 6.07) is 3.82. The second kappa shape index (κ2) is 6.11. The molecule has 0 aliphatic rings. The van der Waals surface area contributed by atoms with Gasteiger partial charge in [-0.3, -0.25) is 0 Å². The zero-order valence-corrected chi connectivity index (χ0v) is 11.6. The number of carbonyl (C=O) groups is 2. The monoisotopic (exact) mass is 336 g/mol. The fourth-order valence-corrected chi connectivity index (χ4v) is 1.88. The Morgan fingerprint density at radius 3 is 2.45 bits per heavy atom. The molecule has 0 aliphatic carbocycles. The van der Waals surface area contributed by atoms with Crippen LogP contribution in [0.1, 0.15) is 10.4 Å². The van der Waals surface area contributed by atoms with Crippen molar-refractivity contribution < 1.29 is 14.7 Å². The first kappa shape index (κ1) is 13.9. The summed E-state index contributed by atoms with van der Waals surface area (Å²) in [6.45, 7) is 0. The van der Waals surface area contributed by atoms with Gasteiger partial charge in [0.05, 0.1) is 29.3 Å². The highest BCUT2D eigenvalue weighted by Gasteiger charge is 2.09. The molecule has 0 fully saturated rings. The number of aromatic nitrogens is 2. The highest BCUT2D eigenvalue weighted by molar-refractivity contribution is 9.10. The molecule has 2 amide bonds. The molecule has 2 aromatic rings. The summed E-state index contributed by atoms with van der Waals surface area (Å²) < 4.78 is 0.469. The van der Waals surface area contributed by atoms with E-state index in [1.165, 1.54) is 36.9 Å². The first-order chi connectivity index (χ1) is 9.56. The van der Waals surface area contributed by atoms with Crippen molar-refractivity contribution in [1.82, 2.24) is 9.97 Å². The molecule has 102 valence electrons. The van der Waals surface area contributed by atoms with E-state index < -0.39 is 12.0 Å². The van der Waals surface area contributed by atoms with Gasteiger partial charge in [-0.2, -0.15) is 0 Å². The molecule has 0 saturated heterocycles. The van der Waals surface area contributed by atoms with E-state index in [9.17, 15) is 9.59 Å². The van der Waals surface area contributed by atoms with Crippen molar-refractivity contribution in [2.45, 2.75) is 0 Å². The highest BCUT2D eigenvalue weighted by Crippen LogP contribution is 2.23. The minimum absolute atomic E-state index is 0.124. The SMILES string of the molecule is O=C(Nc1cncnc1)Nc1ccc(C(=O)O)cc1Br. The Morgan fingerprint density at radius 1 is 1.15 bits per heavy atom. The summed E-state index contributed by atoms with van der Waals surface area (Å²) in [4.78, 5) is 30.1. The number of aromatic carboxylic acids is 1. The van der Waals surface area contributed by atoms with E-state index >= 15 is 0 Å². The maximum atomic E-state index is 11.7. The number of benzene rings is 1. The number of hydrogen-bond donors (Lipinski definition) is 3. The maximum absolute atomic E-state index is 11.7. The zero-order valence-electron chi connectivity index (χ0n) is 10.0. The van der Waals surface area contributed by atoms with Gasteiger partial charge < -0.3 is 15.7 Å². The molecule has 0 atom stereocenters. The molecule has 0 spiro atoms. The van der Waals surface area contributed by atoms with E-state index in [2.05, 4.69) is 36.5 Å². The Kier molecular flexibility index (Phi) is 4.26. The summed E-state index contributed by atoms with van der Waals surface area (Å²) in [7, 11) is 0. The number of nitrogens with zero attached hydrogens (tertiary/aromatic N) is 2. The van der Waals surface area contributed by atoms with Gasteiger partial charge in [0.25, 0.3) is 0 Å². The van der Waals surface area contributed by atoms with E-state index in [-0.39, 0.29) is 5.56 Å². The number of carboxylic acids is 1. The lowest BCUT2D eigenvalue weighted by Gasteiger charge is -2.09. The molecule has 0 aliphatic heterocycles. The number of carbonyl (C=O) groups excluding carboxylic acids is 1. The van der Waals surface area contributed by atoms with Crippen LogP contribution in [0.2, 0.25) is 0 Å². The van der Waals surface area contributed by atoms with E-state index in [4.69, 9.17) is 5.11 Å². The number of amides is 2. The lowest BCUT2D eigenvalue weighted by molar-refractivity contribution is 0.0697. The number of rotatable bonds is 3. The normalized spacial score (nSPS) is 9.85. The zero-order chi connectivity index (χ0) is 14.5.